The van der Waals surface area contributed by atoms with Crippen molar-refractivity contribution in [3.05, 3.63) is 0 Å². The van der Waals surface area contributed by atoms with Crippen molar-refractivity contribution in [3.8, 4) is 0 Å². The first-order valence-electron chi connectivity index (χ1n) is 5.94. The second kappa shape index (κ2) is 15.4. The fourth-order valence-corrected chi connectivity index (χ4v) is 0.595. The van der Waals surface area contributed by atoms with Gasteiger partial charge in [0.25, 0.3) is 0 Å². The Hall–Kier alpha value is -0.0800. The molecule has 0 spiro atoms. The largest absolute Gasteiger partial charge is 0.393 e. The number of hydrogen-bond acceptors (Lipinski definition) is 2. The van der Waals surface area contributed by atoms with E-state index in [2.05, 4.69) is 13.8 Å². The van der Waals surface area contributed by atoms with Gasteiger partial charge >= 0.3 is 0 Å². The van der Waals surface area contributed by atoms with Gasteiger partial charge in [0.1, 0.15) is 0 Å². The van der Waals surface area contributed by atoms with Crippen LogP contribution in [0.2, 0.25) is 0 Å². The number of aliphatic hydroxyl groups is 1. The van der Waals surface area contributed by atoms with E-state index in [1.165, 1.54) is 25.7 Å². The molecule has 0 aromatic heterocycles. The van der Waals surface area contributed by atoms with E-state index in [0.29, 0.717) is 0 Å². The zero-order chi connectivity index (χ0) is 11.2. The SMILES string of the molecule is CCC(C)O.CCCCOCCCC. The highest BCUT2D eigenvalue weighted by Gasteiger charge is 1.84. The fraction of sp³-hybridized carbons (Fsp3) is 1.00. The normalized spacial score (nSPS) is 11.8. The van der Waals surface area contributed by atoms with Crippen molar-refractivity contribution in [2.45, 2.75) is 65.9 Å². The van der Waals surface area contributed by atoms with Gasteiger partial charge in [-0.15, -0.1) is 0 Å². The van der Waals surface area contributed by atoms with Crippen molar-refractivity contribution in [3.63, 3.8) is 0 Å². The van der Waals surface area contributed by atoms with Gasteiger partial charge in [0, 0.05) is 13.2 Å². The molecule has 0 radical (unpaired) electrons. The van der Waals surface area contributed by atoms with Gasteiger partial charge in [-0.2, -0.15) is 0 Å². The summed E-state index contributed by atoms with van der Waals surface area (Å²) in [7, 11) is 0. The summed E-state index contributed by atoms with van der Waals surface area (Å²) in [4.78, 5) is 0. The number of rotatable bonds is 7. The standard InChI is InChI=1S/C8H18O.C4H10O/c1-3-5-7-9-8-6-4-2;1-3-4(2)5/h3-8H2,1-2H3;4-5H,3H2,1-2H3. The maximum atomic E-state index is 8.36. The molecule has 1 N–H and O–H groups in total. The topological polar surface area (TPSA) is 29.5 Å². The number of aliphatic hydroxyl groups excluding tert-OH is 1. The van der Waals surface area contributed by atoms with Gasteiger partial charge in [0.05, 0.1) is 6.10 Å². The van der Waals surface area contributed by atoms with E-state index < -0.39 is 0 Å². The molecule has 2 nitrogen and oxygen atoms in total. The summed E-state index contributed by atoms with van der Waals surface area (Å²) in [6.07, 6.45) is 5.65. The molecule has 1 unspecified atom stereocenters. The molecule has 0 aliphatic rings. The molecule has 0 bridgehead atoms. The highest BCUT2D eigenvalue weighted by Crippen LogP contribution is 1.91. The minimum atomic E-state index is -0.116. The Labute approximate surface area is 89.7 Å². The van der Waals surface area contributed by atoms with E-state index in [-0.39, 0.29) is 6.10 Å². The molecule has 0 heterocycles. The molecule has 0 saturated carbocycles. The van der Waals surface area contributed by atoms with Crippen molar-refractivity contribution in [1.29, 1.82) is 0 Å². The number of hydrogen-bond donors (Lipinski definition) is 1. The summed E-state index contributed by atoms with van der Waals surface area (Å²) in [6, 6.07) is 0. The van der Waals surface area contributed by atoms with Crippen LogP contribution in [0.25, 0.3) is 0 Å². The Morgan fingerprint density at radius 1 is 1.00 bits per heavy atom. The highest BCUT2D eigenvalue weighted by atomic mass is 16.5. The van der Waals surface area contributed by atoms with E-state index in [1.54, 1.807) is 6.92 Å². The first kappa shape index (κ1) is 16.4. The van der Waals surface area contributed by atoms with Crippen LogP contribution in [0.5, 0.6) is 0 Å². The van der Waals surface area contributed by atoms with Crippen LogP contribution in [-0.4, -0.2) is 24.4 Å². The lowest BCUT2D eigenvalue weighted by molar-refractivity contribution is 0.128. The third-order valence-corrected chi connectivity index (χ3v) is 1.88. The lowest BCUT2D eigenvalue weighted by Crippen LogP contribution is -1.95. The second-order valence-corrected chi connectivity index (χ2v) is 3.58. The van der Waals surface area contributed by atoms with Gasteiger partial charge < -0.3 is 9.84 Å². The summed E-state index contributed by atoms with van der Waals surface area (Å²) in [5.41, 5.74) is 0. The lowest BCUT2D eigenvalue weighted by atomic mass is 10.3. The summed E-state index contributed by atoms with van der Waals surface area (Å²) in [5.74, 6) is 0. The summed E-state index contributed by atoms with van der Waals surface area (Å²) in [5, 5.41) is 8.36. The van der Waals surface area contributed by atoms with Gasteiger partial charge in [-0.05, 0) is 26.2 Å². The summed E-state index contributed by atoms with van der Waals surface area (Å²) in [6.45, 7) is 10.0. The molecule has 0 rings (SSSR count). The van der Waals surface area contributed by atoms with Crippen LogP contribution in [0.15, 0.2) is 0 Å². The quantitative estimate of drug-likeness (QED) is 0.644. The van der Waals surface area contributed by atoms with Gasteiger partial charge in [-0.25, -0.2) is 0 Å². The smallest absolute Gasteiger partial charge is 0.0509 e. The zero-order valence-electron chi connectivity index (χ0n) is 10.4. The van der Waals surface area contributed by atoms with Crippen molar-refractivity contribution >= 4 is 0 Å². The fourth-order valence-electron chi connectivity index (χ4n) is 0.595. The Bertz CT molecular complexity index is 76.4. The predicted octanol–water partition coefficient (Wildman–Crippen LogP) is 3.38. The maximum absolute atomic E-state index is 8.36. The van der Waals surface area contributed by atoms with Crippen molar-refractivity contribution in [1.82, 2.24) is 0 Å². The van der Waals surface area contributed by atoms with Gasteiger partial charge in [-0.1, -0.05) is 33.6 Å². The van der Waals surface area contributed by atoms with E-state index in [9.17, 15) is 0 Å². The molecule has 88 valence electrons. The lowest BCUT2D eigenvalue weighted by Gasteiger charge is -1.99. The monoisotopic (exact) mass is 204 g/mol. The summed E-state index contributed by atoms with van der Waals surface area (Å²) < 4.78 is 5.31. The molecule has 0 aliphatic heterocycles. The Morgan fingerprint density at radius 3 is 1.57 bits per heavy atom. The third-order valence-electron chi connectivity index (χ3n) is 1.88. The molecule has 0 amide bonds. The minimum Gasteiger partial charge on any atom is -0.393 e. The van der Waals surface area contributed by atoms with Crippen LogP contribution >= 0.6 is 0 Å². The molecule has 0 aromatic rings. The first-order chi connectivity index (χ1) is 6.68. The molecular formula is C12H28O2. The van der Waals surface area contributed by atoms with Gasteiger partial charge in [0.2, 0.25) is 0 Å². The number of ether oxygens (including phenoxy) is 1. The van der Waals surface area contributed by atoms with Crippen molar-refractivity contribution < 1.29 is 9.84 Å². The van der Waals surface area contributed by atoms with Crippen LogP contribution in [-0.2, 0) is 4.74 Å². The summed E-state index contributed by atoms with van der Waals surface area (Å²) >= 11 is 0. The molecular weight excluding hydrogens is 176 g/mol. The molecule has 0 fully saturated rings. The van der Waals surface area contributed by atoms with Crippen LogP contribution in [0.3, 0.4) is 0 Å². The van der Waals surface area contributed by atoms with Crippen molar-refractivity contribution in [2.75, 3.05) is 13.2 Å². The highest BCUT2D eigenvalue weighted by molar-refractivity contribution is 4.34. The van der Waals surface area contributed by atoms with E-state index in [1.807, 2.05) is 6.92 Å². The molecule has 0 aromatic carbocycles. The van der Waals surface area contributed by atoms with Gasteiger partial charge in [0.15, 0.2) is 0 Å². The van der Waals surface area contributed by atoms with Crippen molar-refractivity contribution in [2.24, 2.45) is 0 Å². The van der Waals surface area contributed by atoms with Crippen LogP contribution in [0.4, 0.5) is 0 Å². The van der Waals surface area contributed by atoms with E-state index in [4.69, 9.17) is 9.84 Å². The third kappa shape index (κ3) is 22.7. The maximum Gasteiger partial charge on any atom is 0.0509 e. The first-order valence-corrected chi connectivity index (χ1v) is 5.94. The Morgan fingerprint density at radius 2 is 1.36 bits per heavy atom. The number of unbranched alkanes of at least 4 members (excludes halogenated alkanes) is 2. The average molecular weight is 204 g/mol. The molecule has 14 heavy (non-hydrogen) atoms. The molecule has 0 aliphatic carbocycles. The Balaban J connectivity index is 0. The Kier molecular flexibility index (Phi) is 18.0. The predicted molar refractivity (Wildman–Crippen MR) is 62.6 cm³/mol. The zero-order valence-corrected chi connectivity index (χ0v) is 10.4. The van der Waals surface area contributed by atoms with Crippen LogP contribution in [0, 0.1) is 0 Å². The van der Waals surface area contributed by atoms with Crippen LogP contribution in [0.1, 0.15) is 59.8 Å². The van der Waals surface area contributed by atoms with E-state index in [0.717, 1.165) is 19.6 Å². The average Bonchev–Trinajstić information content (AvgIpc) is 2.19. The second-order valence-electron chi connectivity index (χ2n) is 3.58. The van der Waals surface area contributed by atoms with Gasteiger partial charge in [-0.3, -0.25) is 0 Å². The van der Waals surface area contributed by atoms with Crippen LogP contribution < -0.4 is 0 Å². The molecule has 0 saturated heterocycles. The molecule has 2 heteroatoms. The molecule has 1 atom stereocenters. The minimum absolute atomic E-state index is 0.116. The van der Waals surface area contributed by atoms with E-state index >= 15 is 0 Å².